The van der Waals surface area contributed by atoms with E-state index in [1.54, 1.807) is 0 Å². The molecule has 0 fully saturated rings. The molecule has 0 saturated carbocycles. The summed E-state index contributed by atoms with van der Waals surface area (Å²) in [6, 6.07) is 0. The number of hydrogen-bond acceptors (Lipinski definition) is 1. The largest absolute Gasteiger partial charge is 0.330 e. The smallest absolute Gasteiger partial charge is 0.00458 e. The van der Waals surface area contributed by atoms with Gasteiger partial charge < -0.3 is 5.73 Å². The molecule has 1 atom stereocenters. The number of allylic oxidation sites excluding steroid dienone is 2. The van der Waals surface area contributed by atoms with Crippen LogP contribution in [0, 0.1) is 11.8 Å². The Labute approximate surface area is 70.7 Å². The van der Waals surface area contributed by atoms with Crippen molar-refractivity contribution in [3.8, 4) is 0 Å². The Morgan fingerprint density at radius 3 is 2.36 bits per heavy atom. The SMILES string of the molecule is C/C=C/CC(CN)CC(C)C. The molecule has 0 radical (unpaired) electrons. The van der Waals surface area contributed by atoms with E-state index < -0.39 is 0 Å². The maximum atomic E-state index is 5.63. The van der Waals surface area contributed by atoms with Crippen LogP contribution in [0.5, 0.6) is 0 Å². The molecule has 2 N–H and O–H groups in total. The minimum absolute atomic E-state index is 0.686. The third kappa shape index (κ3) is 6.11. The van der Waals surface area contributed by atoms with Crippen LogP contribution in [-0.2, 0) is 0 Å². The quantitative estimate of drug-likeness (QED) is 0.607. The van der Waals surface area contributed by atoms with Crippen LogP contribution in [0.1, 0.15) is 33.6 Å². The van der Waals surface area contributed by atoms with Gasteiger partial charge in [0, 0.05) is 0 Å². The van der Waals surface area contributed by atoms with Crippen molar-refractivity contribution < 1.29 is 0 Å². The summed E-state index contributed by atoms with van der Waals surface area (Å²) in [6.45, 7) is 7.38. The highest BCUT2D eigenvalue weighted by molar-refractivity contribution is 4.81. The molecule has 1 nitrogen and oxygen atoms in total. The summed E-state index contributed by atoms with van der Waals surface area (Å²) in [7, 11) is 0. The van der Waals surface area contributed by atoms with E-state index in [4.69, 9.17) is 5.73 Å². The van der Waals surface area contributed by atoms with Crippen LogP contribution in [0.2, 0.25) is 0 Å². The molecule has 1 unspecified atom stereocenters. The van der Waals surface area contributed by atoms with E-state index in [1.807, 2.05) is 0 Å². The van der Waals surface area contributed by atoms with Gasteiger partial charge in [-0.3, -0.25) is 0 Å². The Morgan fingerprint density at radius 1 is 1.36 bits per heavy atom. The van der Waals surface area contributed by atoms with Crippen molar-refractivity contribution in [3.63, 3.8) is 0 Å². The molecule has 0 saturated heterocycles. The van der Waals surface area contributed by atoms with Crippen molar-refractivity contribution in [2.24, 2.45) is 17.6 Å². The highest BCUT2D eigenvalue weighted by atomic mass is 14.5. The minimum atomic E-state index is 0.686. The Morgan fingerprint density at radius 2 is 2.00 bits per heavy atom. The Bertz CT molecular complexity index is 105. The maximum Gasteiger partial charge on any atom is -0.00458 e. The van der Waals surface area contributed by atoms with E-state index in [1.165, 1.54) is 6.42 Å². The summed E-state index contributed by atoms with van der Waals surface area (Å²) in [5, 5.41) is 0. The third-order valence-corrected chi connectivity index (χ3v) is 1.84. The van der Waals surface area contributed by atoms with Crippen LogP contribution in [0.4, 0.5) is 0 Å². The summed E-state index contributed by atoms with van der Waals surface area (Å²) >= 11 is 0. The molecule has 0 rings (SSSR count). The zero-order valence-electron chi connectivity index (χ0n) is 8.01. The van der Waals surface area contributed by atoms with Gasteiger partial charge in [0.1, 0.15) is 0 Å². The lowest BCUT2D eigenvalue weighted by Crippen LogP contribution is -2.15. The van der Waals surface area contributed by atoms with Crippen molar-refractivity contribution in [2.75, 3.05) is 6.54 Å². The topological polar surface area (TPSA) is 26.0 Å². The van der Waals surface area contributed by atoms with Gasteiger partial charge in [0.2, 0.25) is 0 Å². The van der Waals surface area contributed by atoms with Crippen molar-refractivity contribution in [2.45, 2.75) is 33.6 Å². The molecule has 1 heteroatoms. The van der Waals surface area contributed by atoms with Crippen LogP contribution >= 0.6 is 0 Å². The number of nitrogens with two attached hydrogens (primary N) is 1. The van der Waals surface area contributed by atoms with Gasteiger partial charge in [0.25, 0.3) is 0 Å². The number of rotatable bonds is 5. The molecule has 0 amide bonds. The molecule has 66 valence electrons. The standard InChI is InChI=1S/C10H21N/c1-4-5-6-10(8-11)7-9(2)3/h4-5,9-10H,6-8,11H2,1-3H3/b5-4+. The van der Waals surface area contributed by atoms with Gasteiger partial charge in [-0.15, -0.1) is 0 Å². The summed E-state index contributed by atoms with van der Waals surface area (Å²) in [6.07, 6.45) is 6.70. The second-order valence-corrected chi connectivity index (χ2v) is 3.54. The van der Waals surface area contributed by atoms with Gasteiger partial charge in [-0.2, -0.15) is 0 Å². The molecule has 0 bridgehead atoms. The first kappa shape index (κ1) is 10.7. The zero-order valence-corrected chi connectivity index (χ0v) is 8.01. The van der Waals surface area contributed by atoms with E-state index >= 15 is 0 Å². The fourth-order valence-electron chi connectivity index (χ4n) is 1.28. The van der Waals surface area contributed by atoms with Crippen LogP contribution in [0.3, 0.4) is 0 Å². The second kappa shape index (κ2) is 6.41. The van der Waals surface area contributed by atoms with Crippen LogP contribution in [0.15, 0.2) is 12.2 Å². The van der Waals surface area contributed by atoms with E-state index in [9.17, 15) is 0 Å². The summed E-state index contributed by atoms with van der Waals surface area (Å²) in [5.74, 6) is 1.46. The normalized spacial score (nSPS) is 14.6. The highest BCUT2D eigenvalue weighted by Gasteiger charge is 2.06. The molecule has 0 spiro atoms. The van der Waals surface area contributed by atoms with Crippen molar-refractivity contribution in [1.29, 1.82) is 0 Å². The monoisotopic (exact) mass is 155 g/mol. The average molecular weight is 155 g/mol. The van der Waals surface area contributed by atoms with E-state index in [0.717, 1.165) is 18.9 Å². The van der Waals surface area contributed by atoms with Gasteiger partial charge in [-0.05, 0) is 38.1 Å². The first-order valence-electron chi connectivity index (χ1n) is 4.51. The summed E-state index contributed by atoms with van der Waals surface area (Å²) < 4.78 is 0. The molecule has 0 aliphatic heterocycles. The summed E-state index contributed by atoms with van der Waals surface area (Å²) in [5.41, 5.74) is 5.63. The molecule has 11 heavy (non-hydrogen) atoms. The average Bonchev–Trinajstić information content (AvgIpc) is 1.97. The number of hydrogen-bond donors (Lipinski definition) is 1. The lowest BCUT2D eigenvalue weighted by atomic mass is 9.94. The second-order valence-electron chi connectivity index (χ2n) is 3.54. The summed E-state index contributed by atoms with van der Waals surface area (Å²) in [4.78, 5) is 0. The molecule has 0 aromatic carbocycles. The van der Waals surface area contributed by atoms with E-state index in [0.29, 0.717) is 5.92 Å². The molecule has 0 heterocycles. The first-order chi connectivity index (χ1) is 5.20. The van der Waals surface area contributed by atoms with E-state index in [-0.39, 0.29) is 0 Å². The van der Waals surface area contributed by atoms with Crippen LogP contribution in [-0.4, -0.2) is 6.54 Å². The zero-order chi connectivity index (χ0) is 8.69. The lowest BCUT2D eigenvalue weighted by Gasteiger charge is -2.14. The predicted molar refractivity (Wildman–Crippen MR) is 51.4 cm³/mol. The highest BCUT2D eigenvalue weighted by Crippen LogP contribution is 2.14. The third-order valence-electron chi connectivity index (χ3n) is 1.84. The van der Waals surface area contributed by atoms with E-state index in [2.05, 4.69) is 32.9 Å². The van der Waals surface area contributed by atoms with Crippen LogP contribution in [0.25, 0.3) is 0 Å². The Balaban J connectivity index is 3.57. The molecule has 0 aliphatic rings. The molecular weight excluding hydrogens is 134 g/mol. The van der Waals surface area contributed by atoms with Crippen molar-refractivity contribution in [3.05, 3.63) is 12.2 Å². The molecule has 0 aliphatic carbocycles. The van der Waals surface area contributed by atoms with Gasteiger partial charge >= 0.3 is 0 Å². The fraction of sp³-hybridized carbons (Fsp3) is 0.800. The lowest BCUT2D eigenvalue weighted by molar-refractivity contribution is 0.420. The van der Waals surface area contributed by atoms with Gasteiger partial charge in [-0.25, -0.2) is 0 Å². The maximum absolute atomic E-state index is 5.63. The molecular formula is C10H21N. The Hall–Kier alpha value is -0.300. The van der Waals surface area contributed by atoms with Gasteiger partial charge in [0.15, 0.2) is 0 Å². The van der Waals surface area contributed by atoms with Crippen molar-refractivity contribution in [1.82, 2.24) is 0 Å². The molecule has 0 aromatic heterocycles. The van der Waals surface area contributed by atoms with Crippen LogP contribution < -0.4 is 5.73 Å². The Kier molecular flexibility index (Phi) is 6.24. The first-order valence-corrected chi connectivity index (χ1v) is 4.51. The minimum Gasteiger partial charge on any atom is -0.330 e. The van der Waals surface area contributed by atoms with Gasteiger partial charge in [0.05, 0.1) is 0 Å². The van der Waals surface area contributed by atoms with Crippen molar-refractivity contribution >= 4 is 0 Å². The molecule has 0 aromatic rings. The fourth-order valence-corrected chi connectivity index (χ4v) is 1.28. The van der Waals surface area contributed by atoms with Gasteiger partial charge in [-0.1, -0.05) is 26.0 Å². The predicted octanol–water partition coefficient (Wildman–Crippen LogP) is 2.57.